The molecular weight excluding hydrogens is 196 g/mol. The lowest BCUT2D eigenvalue weighted by Crippen LogP contribution is -2.55. The van der Waals surface area contributed by atoms with Gasteiger partial charge in [-0.25, -0.2) is 0 Å². The number of piperidine rings is 1. The van der Waals surface area contributed by atoms with Gasteiger partial charge in [-0.2, -0.15) is 0 Å². The lowest BCUT2D eigenvalue weighted by molar-refractivity contribution is 0.0586. The molecule has 3 heteroatoms. The molecule has 2 aliphatic carbocycles. The highest BCUT2D eigenvalue weighted by Crippen LogP contribution is 2.38. The van der Waals surface area contributed by atoms with Crippen LogP contribution in [0.5, 0.6) is 0 Å². The molecule has 2 saturated carbocycles. The van der Waals surface area contributed by atoms with Gasteiger partial charge >= 0.3 is 0 Å². The van der Waals surface area contributed by atoms with Gasteiger partial charge in [0.1, 0.15) is 0 Å². The van der Waals surface area contributed by atoms with Crippen molar-refractivity contribution in [1.29, 1.82) is 0 Å². The van der Waals surface area contributed by atoms with E-state index in [1.54, 1.807) is 0 Å². The summed E-state index contributed by atoms with van der Waals surface area (Å²) < 4.78 is 0. The maximum Gasteiger partial charge on any atom is 0.0120 e. The van der Waals surface area contributed by atoms with Crippen LogP contribution in [0.2, 0.25) is 0 Å². The van der Waals surface area contributed by atoms with Crippen molar-refractivity contribution in [1.82, 2.24) is 4.90 Å². The molecule has 1 saturated heterocycles. The van der Waals surface area contributed by atoms with Crippen molar-refractivity contribution in [3.63, 3.8) is 0 Å². The molecule has 2 unspecified atom stereocenters. The standard InChI is InChI=1S/C11H20N2.ClH/c12-11-8-2-1-3-9(11)7-13(6-8)10-4-5-10;/h8-11H,1-7,12H2;1H. The monoisotopic (exact) mass is 216 g/mol. The van der Waals surface area contributed by atoms with E-state index in [1.165, 1.54) is 45.2 Å². The van der Waals surface area contributed by atoms with Crippen LogP contribution < -0.4 is 5.73 Å². The second-order valence-electron chi connectivity index (χ2n) is 5.21. The first-order valence-electron chi connectivity index (χ1n) is 5.84. The van der Waals surface area contributed by atoms with Crippen molar-refractivity contribution in [2.24, 2.45) is 17.6 Å². The minimum atomic E-state index is 0. The first-order valence-corrected chi connectivity index (χ1v) is 5.84. The van der Waals surface area contributed by atoms with Gasteiger partial charge in [-0.1, -0.05) is 6.42 Å². The Bertz CT molecular complexity index is 191. The molecule has 2 bridgehead atoms. The highest BCUT2D eigenvalue weighted by molar-refractivity contribution is 5.85. The van der Waals surface area contributed by atoms with Crippen LogP contribution in [0.25, 0.3) is 0 Å². The van der Waals surface area contributed by atoms with Crippen molar-refractivity contribution in [2.45, 2.75) is 44.2 Å². The highest BCUT2D eigenvalue weighted by atomic mass is 35.5. The smallest absolute Gasteiger partial charge is 0.0120 e. The lowest BCUT2D eigenvalue weighted by atomic mass is 9.74. The van der Waals surface area contributed by atoms with E-state index in [1.807, 2.05) is 0 Å². The van der Waals surface area contributed by atoms with E-state index in [-0.39, 0.29) is 12.4 Å². The average Bonchev–Trinajstić information content (AvgIpc) is 2.85. The third-order valence-corrected chi connectivity index (χ3v) is 4.24. The molecule has 2 N–H and O–H groups in total. The second-order valence-corrected chi connectivity index (χ2v) is 5.21. The van der Waals surface area contributed by atoms with Crippen molar-refractivity contribution in [3.8, 4) is 0 Å². The van der Waals surface area contributed by atoms with Crippen molar-refractivity contribution < 1.29 is 0 Å². The highest BCUT2D eigenvalue weighted by Gasteiger charge is 2.41. The Kier molecular flexibility index (Phi) is 3.06. The number of likely N-dealkylation sites (tertiary alicyclic amines) is 1. The van der Waals surface area contributed by atoms with E-state index < -0.39 is 0 Å². The normalized spacial score (nSPS) is 43.1. The molecule has 1 heterocycles. The zero-order valence-corrected chi connectivity index (χ0v) is 9.51. The van der Waals surface area contributed by atoms with E-state index in [0.717, 1.165) is 17.9 Å². The fraction of sp³-hybridized carbons (Fsp3) is 1.00. The van der Waals surface area contributed by atoms with Crippen LogP contribution >= 0.6 is 12.4 Å². The first-order chi connectivity index (χ1) is 6.34. The van der Waals surface area contributed by atoms with E-state index in [9.17, 15) is 0 Å². The number of rotatable bonds is 1. The predicted octanol–water partition coefficient (Wildman–Crippen LogP) is 1.63. The maximum absolute atomic E-state index is 6.24. The van der Waals surface area contributed by atoms with Gasteiger partial charge in [0.15, 0.2) is 0 Å². The summed E-state index contributed by atoms with van der Waals surface area (Å²) in [5.41, 5.74) is 6.24. The Morgan fingerprint density at radius 2 is 1.50 bits per heavy atom. The van der Waals surface area contributed by atoms with Crippen LogP contribution in [0.4, 0.5) is 0 Å². The molecule has 1 aliphatic heterocycles. The van der Waals surface area contributed by atoms with Gasteiger partial charge in [-0.15, -0.1) is 12.4 Å². The molecule has 0 aromatic heterocycles. The van der Waals surface area contributed by atoms with Gasteiger partial charge in [0.25, 0.3) is 0 Å². The summed E-state index contributed by atoms with van der Waals surface area (Å²) in [7, 11) is 0. The number of nitrogens with zero attached hydrogens (tertiary/aromatic N) is 1. The van der Waals surface area contributed by atoms with Crippen molar-refractivity contribution in [2.75, 3.05) is 13.1 Å². The van der Waals surface area contributed by atoms with Crippen LogP contribution in [-0.4, -0.2) is 30.1 Å². The summed E-state index contributed by atoms with van der Waals surface area (Å²) in [5, 5.41) is 0. The molecule has 3 fully saturated rings. The molecule has 3 rings (SSSR count). The minimum absolute atomic E-state index is 0. The summed E-state index contributed by atoms with van der Waals surface area (Å²) in [6.45, 7) is 2.62. The SMILES string of the molecule is Cl.NC1C2CCCC1CN(C1CC1)C2. The summed E-state index contributed by atoms with van der Waals surface area (Å²) in [5.74, 6) is 1.65. The zero-order valence-electron chi connectivity index (χ0n) is 8.69. The molecule has 2 atom stereocenters. The lowest BCUT2D eigenvalue weighted by Gasteiger charge is -2.46. The van der Waals surface area contributed by atoms with Gasteiger partial charge in [0.2, 0.25) is 0 Å². The van der Waals surface area contributed by atoms with Crippen LogP contribution in [0.1, 0.15) is 32.1 Å². The van der Waals surface area contributed by atoms with Crippen LogP contribution in [0, 0.1) is 11.8 Å². The van der Waals surface area contributed by atoms with Gasteiger partial charge in [-0.05, 0) is 37.5 Å². The fourth-order valence-electron chi connectivity index (χ4n) is 3.25. The summed E-state index contributed by atoms with van der Waals surface area (Å²) in [6, 6.07) is 1.49. The van der Waals surface area contributed by atoms with E-state index in [2.05, 4.69) is 4.90 Å². The van der Waals surface area contributed by atoms with Crippen LogP contribution in [0.15, 0.2) is 0 Å². The Morgan fingerprint density at radius 3 is 2.00 bits per heavy atom. The van der Waals surface area contributed by atoms with E-state index >= 15 is 0 Å². The van der Waals surface area contributed by atoms with Crippen molar-refractivity contribution >= 4 is 12.4 Å². The molecule has 2 nitrogen and oxygen atoms in total. The second kappa shape index (κ2) is 3.99. The molecule has 14 heavy (non-hydrogen) atoms. The Morgan fingerprint density at radius 1 is 0.929 bits per heavy atom. The van der Waals surface area contributed by atoms with E-state index in [4.69, 9.17) is 5.73 Å². The number of halogens is 1. The quantitative estimate of drug-likeness (QED) is 0.722. The third kappa shape index (κ3) is 1.80. The fourth-order valence-corrected chi connectivity index (χ4v) is 3.25. The van der Waals surface area contributed by atoms with Gasteiger partial charge < -0.3 is 5.73 Å². The molecule has 0 radical (unpaired) electrons. The van der Waals surface area contributed by atoms with Crippen LogP contribution in [-0.2, 0) is 0 Å². The predicted molar refractivity (Wildman–Crippen MR) is 60.6 cm³/mol. The third-order valence-electron chi connectivity index (χ3n) is 4.24. The number of nitrogens with two attached hydrogens (primary N) is 1. The number of hydrogen-bond donors (Lipinski definition) is 1. The Labute approximate surface area is 92.6 Å². The number of hydrogen-bond acceptors (Lipinski definition) is 2. The molecule has 0 aromatic carbocycles. The molecule has 0 spiro atoms. The van der Waals surface area contributed by atoms with E-state index in [0.29, 0.717) is 6.04 Å². The molecule has 0 amide bonds. The first kappa shape index (κ1) is 10.7. The molecule has 0 aromatic rings. The minimum Gasteiger partial charge on any atom is -0.327 e. The molecular formula is C11H21ClN2. The Balaban J connectivity index is 0.000000750. The van der Waals surface area contributed by atoms with Gasteiger partial charge in [-0.3, -0.25) is 4.90 Å². The number of fused-ring (bicyclic) bond motifs is 2. The molecule has 82 valence electrons. The van der Waals surface area contributed by atoms with Crippen molar-refractivity contribution in [3.05, 3.63) is 0 Å². The Hall–Kier alpha value is 0.210. The summed E-state index contributed by atoms with van der Waals surface area (Å²) in [4.78, 5) is 2.72. The van der Waals surface area contributed by atoms with Gasteiger partial charge in [0.05, 0.1) is 0 Å². The topological polar surface area (TPSA) is 29.3 Å². The van der Waals surface area contributed by atoms with Gasteiger partial charge in [0, 0.05) is 25.2 Å². The van der Waals surface area contributed by atoms with Crippen LogP contribution in [0.3, 0.4) is 0 Å². The average molecular weight is 217 g/mol. The largest absolute Gasteiger partial charge is 0.327 e. The maximum atomic E-state index is 6.24. The zero-order chi connectivity index (χ0) is 8.84. The molecule has 3 aliphatic rings. The summed E-state index contributed by atoms with van der Waals surface area (Å²) >= 11 is 0. The summed E-state index contributed by atoms with van der Waals surface area (Å²) in [6.07, 6.45) is 7.12.